The van der Waals surface area contributed by atoms with Crippen LogP contribution in [-0.4, -0.2) is 45.5 Å². The molecule has 0 saturated carbocycles. The second-order valence-electron chi connectivity index (χ2n) is 10.7. The van der Waals surface area contributed by atoms with Gasteiger partial charge < -0.3 is 10.4 Å². The third-order valence-corrected chi connectivity index (χ3v) is 8.73. The average Bonchev–Trinajstić information content (AvgIpc) is 2.94. The maximum atomic E-state index is 13.7. The lowest BCUT2D eigenvalue weighted by Gasteiger charge is -2.32. The van der Waals surface area contributed by atoms with Crippen molar-refractivity contribution in [3.05, 3.63) is 69.3 Å². The van der Waals surface area contributed by atoms with Crippen LogP contribution in [0.25, 0.3) is 43.4 Å². The van der Waals surface area contributed by atoms with Crippen molar-refractivity contribution in [2.45, 2.75) is 52.6 Å². The van der Waals surface area contributed by atoms with E-state index in [0.717, 1.165) is 0 Å². The highest BCUT2D eigenvalue weighted by Gasteiger charge is 2.42. The zero-order valence-corrected chi connectivity index (χ0v) is 22.3. The summed E-state index contributed by atoms with van der Waals surface area (Å²) in [4.78, 5) is 56.4. The maximum absolute atomic E-state index is 13.7. The first kappa shape index (κ1) is 24.2. The van der Waals surface area contributed by atoms with Crippen molar-refractivity contribution in [3.8, 4) is 0 Å². The second kappa shape index (κ2) is 7.84. The molecule has 10 heteroatoms. The van der Waals surface area contributed by atoms with Gasteiger partial charge in [0.2, 0.25) is 11.0 Å². The molecule has 200 valence electrons. The number of carbonyl (C=O) groups is 4. The van der Waals surface area contributed by atoms with Crippen LogP contribution in [0, 0.1) is 10.4 Å². The van der Waals surface area contributed by atoms with Crippen molar-refractivity contribution in [3.63, 3.8) is 0 Å². The van der Waals surface area contributed by atoms with E-state index in [0.29, 0.717) is 54.6 Å². The lowest BCUT2D eigenvalue weighted by molar-refractivity contribution is -0.577. The molecule has 2 aliphatic rings. The molecule has 4 heterocycles. The lowest BCUT2D eigenvalue weighted by atomic mass is 9.85. The summed E-state index contributed by atoms with van der Waals surface area (Å²) in [7, 11) is 0. The number of amides is 4. The van der Waals surface area contributed by atoms with Crippen LogP contribution in [0.3, 0.4) is 0 Å². The molecule has 0 fully saturated rings. The Hall–Kier alpha value is -4.86. The lowest BCUT2D eigenvalue weighted by Crippen LogP contribution is -2.47. The summed E-state index contributed by atoms with van der Waals surface area (Å²) >= 11 is 0. The fourth-order valence-electron chi connectivity index (χ4n) is 6.42. The molecule has 2 unspecified atom stereocenters. The largest absolute Gasteiger partial charge is 0.618 e. The van der Waals surface area contributed by atoms with Crippen LogP contribution in [0.2, 0.25) is 0 Å². The number of rotatable bonds is 4. The van der Waals surface area contributed by atoms with Crippen LogP contribution >= 0.6 is 0 Å². The Kier molecular flexibility index (Phi) is 4.75. The summed E-state index contributed by atoms with van der Waals surface area (Å²) in [5.74, 6) is -2.04. The molecule has 4 amide bonds. The van der Waals surface area contributed by atoms with Gasteiger partial charge in [-0.3, -0.25) is 29.0 Å². The van der Waals surface area contributed by atoms with E-state index >= 15 is 0 Å². The molecule has 40 heavy (non-hydrogen) atoms. The standard InChI is InChI=1S/C30H24N4O6/c1-5-13(3)33-27(35)17-9-7-15-23-21(17)19(29(33)37)11-31(39)25(23)16-8-10-18-22-20(12-32(40)26(15)24(16)22)30(38)34(28(18)36)14(4)6-2/h7-14H,5-6H2,1-4H3. The average molecular weight is 537 g/mol. The van der Waals surface area contributed by atoms with E-state index in [-0.39, 0.29) is 45.4 Å². The summed E-state index contributed by atoms with van der Waals surface area (Å²) in [5.41, 5.74) is 1.05. The molecule has 7 rings (SSSR count). The van der Waals surface area contributed by atoms with Crippen LogP contribution in [-0.2, 0) is 0 Å². The summed E-state index contributed by atoms with van der Waals surface area (Å²) in [6, 6.07) is 5.61. The molecule has 0 aliphatic carbocycles. The molecule has 2 atom stereocenters. The van der Waals surface area contributed by atoms with Crippen LogP contribution in [0.5, 0.6) is 0 Å². The van der Waals surface area contributed by atoms with Crippen LogP contribution in [0.1, 0.15) is 82.0 Å². The first-order valence-electron chi connectivity index (χ1n) is 13.3. The van der Waals surface area contributed by atoms with Gasteiger partial charge in [-0.15, -0.1) is 0 Å². The van der Waals surface area contributed by atoms with Gasteiger partial charge in [0.1, 0.15) is 11.1 Å². The molecule has 3 aromatic carbocycles. The van der Waals surface area contributed by atoms with E-state index in [1.54, 1.807) is 38.1 Å². The van der Waals surface area contributed by atoms with Crippen molar-refractivity contribution in [2.24, 2.45) is 0 Å². The Morgan fingerprint density at radius 2 is 0.950 bits per heavy atom. The number of nitrogens with zero attached hydrogens (tertiary/aromatic N) is 4. The molecular weight excluding hydrogens is 512 g/mol. The SMILES string of the molecule is CCC(C)N1C(=O)c2ccc3c4c2c(c[n+]([O-])c4c2ccc4c5c(c[n+]([O-])c3c52)C(=O)N(C(C)CC)C4=O)C1=O. The topological polar surface area (TPSA) is 129 Å². The molecule has 0 spiro atoms. The van der Waals surface area contributed by atoms with Gasteiger partial charge in [0, 0.05) is 34.0 Å². The zero-order valence-electron chi connectivity index (χ0n) is 22.3. The van der Waals surface area contributed by atoms with E-state index in [2.05, 4.69) is 0 Å². The molecular formula is C30H24N4O6. The summed E-state index contributed by atoms with van der Waals surface area (Å²) in [5, 5.41) is 29.3. The number of hydrogen-bond acceptors (Lipinski definition) is 6. The summed E-state index contributed by atoms with van der Waals surface area (Å²) < 4.78 is 1.18. The minimum atomic E-state index is -0.562. The molecule has 5 aromatic rings. The Labute approximate surface area is 227 Å². The number of fused-ring (bicyclic) bond motifs is 2. The maximum Gasteiger partial charge on any atom is 0.267 e. The first-order valence-corrected chi connectivity index (χ1v) is 13.3. The molecule has 0 N–H and O–H groups in total. The van der Waals surface area contributed by atoms with E-state index < -0.39 is 23.6 Å². The van der Waals surface area contributed by atoms with Gasteiger partial charge in [0.15, 0.2) is 12.4 Å². The highest BCUT2D eigenvalue weighted by molar-refractivity contribution is 6.38. The van der Waals surface area contributed by atoms with Gasteiger partial charge in [0.25, 0.3) is 23.6 Å². The van der Waals surface area contributed by atoms with Gasteiger partial charge >= 0.3 is 0 Å². The third-order valence-electron chi connectivity index (χ3n) is 8.73. The second-order valence-corrected chi connectivity index (χ2v) is 10.7. The molecule has 0 saturated heterocycles. The van der Waals surface area contributed by atoms with E-state index in [9.17, 15) is 29.6 Å². The fourth-order valence-corrected chi connectivity index (χ4v) is 6.42. The van der Waals surface area contributed by atoms with E-state index in [4.69, 9.17) is 0 Å². The number of pyridine rings is 2. The molecule has 0 bridgehead atoms. The van der Waals surface area contributed by atoms with Crippen molar-refractivity contribution in [2.75, 3.05) is 0 Å². The van der Waals surface area contributed by atoms with Crippen molar-refractivity contribution >= 4 is 67.0 Å². The van der Waals surface area contributed by atoms with Gasteiger partial charge in [-0.05, 0) is 51.0 Å². The molecule has 2 aliphatic heterocycles. The number of hydrogen-bond donors (Lipinski definition) is 0. The van der Waals surface area contributed by atoms with Gasteiger partial charge in [-0.2, -0.15) is 9.46 Å². The Morgan fingerprint density at radius 3 is 1.30 bits per heavy atom. The quantitative estimate of drug-likeness (QED) is 0.113. The Bertz CT molecular complexity index is 1890. The molecule has 0 radical (unpaired) electrons. The highest BCUT2D eigenvalue weighted by Crippen LogP contribution is 2.44. The van der Waals surface area contributed by atoms with E-state index in [1.807, 2.05) is 13.8 Å². The number of carbonyl (C=O) groups excluding carboxylic acids is 4. The van der Waals surface area contributed by atoms with Crippen LogP contribution in [0.15, 0.2) is 36.7 Å². The summed E-state index contributed by atoms with van der Waals surface area (Å²) in [6.07, 6.45) is 3.46. The minimum absolute atomic E-state index is 0.0894. The van der Waals surface area contributed by atoms with Crippen molar-refractivity contribution < 1.29 is 28.6 Å². The fraction of sp³-hybridized carbons (Fsp3) is 0.267. The Morgan fingerprint density at radius 1 is 0.600 bits per heavy atom. The number of imide groups is 2. The minimum Gasteiger partial charge on any atom is -0.618 e. The smallest absolute Gasteiger partial charge is 0.267 e. The first-order chi connectivity index (χ1) is 19.1. The third kappa shape index (κ3) is 2.67. The monoisotopic (exact) mass is 536 g/mol. The van der Waals surface area contributed by atoms with Crippen LogP contribution < -0.4 is 9.46 Å². The molecule has 10 nitrogen and oxygen atoms in total. The number of aromatic nitrogens is 2. The Balaban J connectivity index is 1.66. The van der Waals surface area contributed by atoms with Gasteiger partial charge in [-0.1, -0.05) is 13.8 Å². The van der Waals surface area contributed by atoms with Gasteiger partial charge in [0.05, 0.1) is 21.5 Å². The predicted molar refractivity (Wildman–Crippen MR) is 146 cm³/mol. The number of benzene rings is 3. The van der Waals surface area contributed by atoms with Crippen molar-refractivity contribution in [1.82, 2.24) is 9.80 Å². The van der Waals surface area contributed by atoms with E-state index in [1.165, 1.54) is 22.2 Å². The highest BCUT2D eigenvalue weighted by atomic mass is 16.5. The molecule has 2 aromatic heterocycles. The van der Waals surface area contributed by atoms with Crippen LogP contribution in [0.4, 0.5) is 0 Å². The normalized spacial score (nSPS) is 16.8. The summed E-state index contributed by atoms with van der Waals surface area (Å²) in [6.45, 7) is 7.29. The van der Waals surface area contributed by atoms with Crippen molar-refractivity contribution in [1.29, 1.82) is 0 Å². The zero-order chi connectivity index (χ0) is 28.4. The predicted octanol–water partition coefficient (Wildman–Crippen LogP) is 3.79. The van der Waals surface area contributed by atoms with Gasteiger partial charge in [-0.25, -0.2) is 0 Å².